The van der Waals surface area contributed by atoms with Crippen LogP contribution in [0.15, 0.2) is 209 Å². The van der Waals surface area contributed by atoms with Crippen molar-refractivity contribution in [3.8, 4) is 33.4 Å². The highest BCUT2D eigenvalue weighted by Gasteiger charge is 2.22. The summed E-state index contributed by atoms with van der Waals surface area (Å²) in [6, 6.07) is 71.0. The van der Waals surface area contributed by atoms with Crippen LogP contribution in [0.5, 0.6) is 0 Å². The van der Waals surface area contributed by atoms with Gasteiger partial charge in [-0.15, -0.1) is 0 Å². The minimum absolute atomic E-state index is 0.865. The van der Waals surface area contributed by atoms with Gasteiger partial charge in [-0.25, -0.2) is 0 Å². The smallest absolute Gasteiger partial charge is 0.143 e. The largest absolute Gasteiger partial charge is 0.456 e. The van der Waals surface area contributed by atoms with E-state index in [0.29, 0.717) is 0 Å². The Bertz CT molecular complexity index is 3180. The van der Waals surface area contributed by atoms with E-state index in [1.165, 1.54) is 21.9 Å². The second kappa shape index (κ2) is 12.6. The van der Waals surface area contributed by atoms with E-state index in [2.05, 4.69) is 181 Å². The Labute approximate surface area is 317 Å². The van der Waals surface area contributed by atoms with Gasteiger partial charge in [0.1, 0.15) is 22.3 Å². The fourth-order valence-corrected chi connectivity index (χ4v) is 8.25. The van der Waals surface area contributed by atoms with E-state index < -0.39 is 0 Å². The minimum atomic E-state index is 0.865. The fraction of sp³-hybridized carbons (Fsp3) is 0. The number of rotatable bonds is 6. The van der Waals surface area contributed by atoms with Gasteiger partial charge in [0.2, 0.25) is 0 Å². The molecule has 0 atom stereocenters. The van der Waals surface area contributed by atoms with Gasteiger partial charge in [-0.1, -0.05) is 152 Å². The highest BCUT2D eigenvalue weighted by molar-refractivity contribution is 6.11. The maximum atomic E-state index is 6.45. The summed E-state index contributed by atoms with van der Waals surface area (Å²) in [5.74, 6) is 0. The maximum absolute atomic E-state index is 6.45. The maximum Gasteiger partial charge on any atom is 0.143 e. The lowest BCUT2D eigenvalue weighted by Gasteiger charge is -2.28. The summed E-state index contributed by atoms with van der Waals surface area (Å²) < 4.78 is 12.9. The van der Waals surface area contributed by atoms with Crippen molar-refractivity contribution >= 4 is 71.7 Å². The normalized spacial score (nSPS) is 11.6. The van der Waals surface area contributed by atoms with Gasteiger partial charge in [0.15, 0.2) is 0 Å². The molecule has 9 aromatic carbocycles. The first kappa shape index (κ1) is 31.2. The van der Waals surface area contributed by atoms with Crippen molar-refractivity contribution < 1.29 is 8.83 Å². The van der Waals surface area contributed by atoms with Crippen LogP contribution in [0, 0.1) is 0 Å². The summed E-state index contributed by atoms with van der Waals surface area (Å²) in [7, 11) is 0. The molecule has 3 heteroatoms. The van der Waals surface area contributed by atoms with Crippen LogP contribution in [-0.4, -0.2) is 0 Å². The molecule has 0 amide bonds. The number of nitrogens with zero attached hydrogens (tertiary/aromatic N) is 1. The minimum Gasteiger partial charge on any atom is -0.456 e. The summed E-state index contributed by atoms with van der Waals surface area (Å²) in [4.78, 5) is 2.38. The molecule has 0 aliphatic carbocycles. The molecule has 11 aromatic rings. The zero-order valence-electron chi connectivity index (χ0n) is 29.8. The standard InChI is InChI=1S/C52H33NO2/c1-2-12-35(13-3-1)46-33-51-47(44-18-7-8-22-49(44)54-51)32-48(46)53(38-28-24-36(25-29-38)41-19-10-15-34-14-4-5-16-40(34)41)39-30-26-37(27-31-39)42-20-11-21-45-43-17-6-9-23-50(43)55-52(42)45/h1-33H. The molecule has 0 bridgehead atoms. The van der Waals surface area contributed by atoms with Gasteiger partial charge in [-0.3, -0.25) is 0 Å². The molecule has 0 N–H and O–H groups in total. The van der Waals surface area contributed by atoms with E-state index in [4.69, 9.17) is 8.83 Å². The first-order chi connectivity index (χ1) is 27.3. The third-order valence-electron chi connectivity index (χ3n) is 10.9. The molecule has 258 valence electrons. The van der Waals surface area contributed by atoms with E-state index >= 15 is 0 Å². The third-order valence-corrected chi connectivity index (χ3v) is 10.9. The van der Waals surface area contributed by atoms with Crippen molar-refractivity contribution in [3.05, 3.63) is 200 Å². The quantitative estimate of drug-likeness (QED) is 0.173. The average Bonchev–Trinajstić information content (AvgIpc) is 3.82. The topological polar surface area (TPSA) is 29.5 Å². The van der Waals surface area contributed by atoms with Crippen molar-refractivity contribution in [3.63, 3.8) is 0 Å². The molecule has 0 radical (unpaired) electrons. The van der Waals surface area contributed by atoms with Gasteiger partial charge in [-0.2, -0.15) is 0 Å². The monoisotopic (exact) mass is 703 g/mol. The average molecular weight is 704 g/mol. The molecule has 0 spiro atoms. The van der Waals surface area contributed by atoms with Crippen molar-refractivity contribution in [1.82, 2.24) is 0 Å². The van der Waals surface area contributed by atoms with Gasteiger partial charge < -0.3 is 13.7 Å². The second-order valence-corrected chi connectivity index (χ2v) is 14.1. The molecule has 0 aliphatic heterocycles. The Hall–Kier alpha value is -7.36. The van der Waals surface area contributed by atoms with Crippen LogP contribution < -0.4 is 4.90 Å². The third kappa shape index (κ3) is 5.20. The van der Waals surface area contributed by atoms with Crippen LogP contribution in [0.4, 0.5) is 17.1 Å². The summed E-state index contributed by atoms with van der Waals surface area (Å²) in [5.41, 5.74) is 13.5. The van der Waals surface area contributed by atoms with Crippen molar-refractivity contribution in [1.29, 1.82) is 0 Å². The molecule has 0 unspecified atom stereocenters. The molecule has 3 nitrogen and oxygen atoms in total. The van der Waals surface area contributed by atoms with Crippen LogP contribution in [-0.2, 0) is 0 Å². The first-order valence-corrected chi connectivity index (χ1v) is 18.7. The van der Waals surface area contributed by atoms with E-state index in [1.807, 2.05) is 24.3 Å². The molecule has 2 heterocycles. The van der Waals surface area contributed by atoms with Gasteiger partial charge in [0.05, 0.1) is 5.69 Å². The second-order valence-electron chi connectivity index (χ2n) is 14.1. The van der Waals surface area contributed by atoms with E-state index in [0.717, 1.165) is 83.2 Å². The summed E-state index contributed by atoms with van der Waals surface area (Å²) in [6.45, 7) is 0. The van der Waals surface area contributed by atoms with Gasteiger partial charge in [-0.05, 0) is 81.6 Å². The summed E-state index contributed by atoms with van der Waals surface area (Å²) in [6.07, 6.45) is 0. The molecule has 11 rings (SSSR count). The zero-order chi connectivity index (χ0) is 36.3. The highest BCUT2D eigenvalue weighted by atomic mass is 16.3. The van der Waals surface area contributed by atoms with Crippen LogP contribution >= 0.6 is 0 Å². The number of furan rings is 2. The number of hydrogen-bond acceptors (Lipinski definition) is 3. The predicted octanol–water partition coefficient (Wildman–Crippen LogP) is 15.1. The predicted molar refractivity (Wildman–Crippen MR) is 229 cm³/mol. The van der Waals surface area contributed by atoms with Crippen LogP contribution in [0.2, 0.25) is 0 Å². The highest BCUT2D eigenvalue weighted by Crippen LogP contribution is 2.46. The SMILES string of the molecule is c1ccc(-c2cc3oc4ccccc4c3cc2N(c2ccc(-c3cccc4ccccc34)cc2)c2ccc(-c3cccc4c3oc3ccccc34)cc2)cc1. The van der Waals surface area contributed by atoms with Crippen molar-refractivity contribution in [2.75, 3.05) is 4.90 Å². The van der Waals surface area contributed by atoms with Gasteiger partial charge >= 0.3 is 0 Å². The molecule has 0 fully saturated rings. The zero-order valence-corrected chi connectivity index (χ0v) is 29.8. The molecule has 0 saturated carbocycles. The number of anilines is 3. The Kier molecular flexibility index (Phi) is 7.17. The van der Waals surface area contributed by atoms with Crippen LogP contribution in [0.3, 0.4) is 0 Å². The Morgan fingerprint density at radius 2 is 0.836 bits per heavy atom. The Morgan fingerprint density at radius 1 is 0.309 bits per heavy atom. The molecule has 0 aliphatic rings. The lowest BCUT2D eigenvalue weighted by molar-refractivity contribution is 0.669. The Morgan fingerprint density at radius 3 is 1.58 bits per heavy atom. The molecule has 55 heavy (non-hydrogen) atoms. The van der Waals surface area contributed by atoms with Crippen LogP contribution in [0.1, 0.15) is 0 Å². The van der Waals surface area contributed by atoms with Crippen molar-refractivity contribution in [2.45, 2.75) is 0 Å². The number of fused-ring (bicyclic) bond motifs is 7. The molecular weight excluding hydrogens is 671 g/mol. The van der Waals surface area contributed by atoms with E-state index in [1.54, 1.807) is 0 Å². The number of hydrogen-bond donors (Lipinski definition) is 0. The van der Waals surface area contributed by atoms with E-state index in [-0.39, 0.29) is 0 Å². The van der Waals surface area contributed by atoms with Crippen LogP contribution in [0.25, 0.3) is 88.0 Å². The van der Waals surface area contributed by atoms with Gasteiger partial charge in [0, 0.05) is 44.0 Å². The van der Waals surface area contributed by atoms with E-state index in [9.17, 15) is 0 Å². The lowest BCUT2D eigenvalue weighted by Crippen LogP contribution is -2.11. The number of benzene rings is 9. The lowest BCUT2D eigenvalue weighted by atomic mass is 9.97. The fourth-order valence-electron chi connectivity index (χ4n) is 8.25. The molecule has 0 saturated heterocycles. The Balaban J connectivity index is 1.11. The molecular formula is C52H33NO2. The number of para-hydroxylation sites is 3. The molecule has 2 aromatic heterocycles. The van der Waals surface area contributed by atoms with Crippen molar-refractivity contribution in [2.24, 2.45) is 0 Å². The first-order valence-electron chi connectivity index (χ1n) is 18.7. The summed E-state index contributed by atoms with van der Waals surface area (Å²) in [5, 5.41) is 6.91. The van der Waals surface area contributed by atoms with Gasteiger partial charge in [0.25, 0.3) is 0 Å². The summed E-state index contributed by atoms with van der Waals surface area (Å²) >= 11 is 0.